The molecule has 0 unspecified atom stereocenters. The smallest absolute Gasteiger partial charge is 0.178 e. The number of thiol groups is 1. The number of hydrogen-bond acceptors (Lipinski definition) is 1. The number of alkyl halides is 3. The van der Waals surface area contributed by atoms with Crippen molar-refractivity contribution in [3.63, 3.8) is 0 Å². The Morgan fingerprint density at radius 2 is 2.00 bits per heavy atom. The first-order chi connectivity index (χ1) is 7.45. The Morgan fingerprint density at radius 1 is 1.31 bits per heavy atom. The van der Waals surface area contributed by atoms with Crippen LogP contribution in [0.1, 0.15) is 23.1 Å². The monoisotopic (exact) mass is 244 g/mol. The fourth-order valence-corrected chi connectivity index (χ4v) is 1.39. The lowest BCUT2D eigenvalue weighted by atomic mass is 10.0. The van der Waals surface area contributed by atoms with Crippen LogP contribution in [0.3, 0.4) is 0 Å². The Hall–Kier alpha value is -1.08. The minimum atomic E-state index is -4.29. The third kappa shape index (κ3) is 3.49. The van der Waals surface area contributed by atoms with E-state index in [2.05, 4.69) is 24.5 Å². The lowest BCUT2D eigenvalue weighted by Crippen LogP contribution is -2.07. The molecule has 0 bridgehead atoms. The maximum Gasteiger partial charge on any atom is 0.416 e. The van der Waals surface area contributed by atoms with Crippen molar-refractivity contribution in [1.82, 2.24) is 0 Å². The summed E-state index contributed by atoms with van der Waals surface area (Å²) in [5, 5.41) is 0. The van der Waals surface area contributed by atoms with Gasteiger partial charge >= 0.3 is 6.18 Å². The number of halogens is 3. The zero-order chi connectivity index (χ0) is 12.2. The second-order valence-electron chi connectivity index (χ2n) is 3.30. The first-order valence-electron chi connectivity index (χ1n) is 4.72. The summed E-state index contributed by atoms with van der Waals surface area (Å²) in [6, 6.07) is 3.91. The van der Waals surface area contributed by atoms with Gasteiger partial charge in [0.1, 0.15) is 0 Å². The highest BCUT2D eigenvalue weighted by Gasteiger charge is 2.31. The van der Waals surface area contributed by atoms with Crippen LogP contribution in [0.5, 0.6) is 0 Å². The first kappa shape index (κ1) is 13.0. The SMILES string of the molecule is Cc1cc(C#CCCS)ccc1C(F)(F)F. The summed E-state index contributed by atoms with van der Waals surface area (Å²) in [5.74, 6) is 6.27. The van der Waals surface area contributed by atoms with Gasteiger partial charge in [-0.05, 0) is 30.7 Å². The van der Waals surface area contributed by atoms with E-state index in [1.54, 1.807) is 0 Å². The van der Waals surface area contributed by atoms with Crippen LogP contribution < -0.4 is 0 Å². The van der Waals surface area contributed by atoms with Crippen molar-refractivity contribution in [3.8, 4) is 11.8 Å². The quantitative estimate of drug-likeness (QED) is 0.565. The van der Waals surface area contributed by atoms with Gasteiger partial charge in [0.25, 0.3) is 0 Å². The van der Waals surface area contributed by atoms with Crippen LogP contribution >= 0.6 is 12.6 Å². The minimum Gasteiger partial charge on any atom is -0.178 e. The van der Waals surface area contributed by atoms with Crippen LogP contribution in [0.4, 0.5) is 13.2 Å². The van der Waals surface area contributed by atoms with Gasteiger partial charge in [0, 0.05) is 17.7 Å². The van der Waals surface area contributed by atoms with Crippen molar-refractivity contribution < 1.29 is 13.2 Å². The fourth-order valence-electron chi connectivity index (χ4n) is 1.28. The largest absolute Gasteiger partial charge is 0.416 e. The Balaban J connectivity index is 2.97. The molecule has 1 rings (SSSR count). The van der Waals surface area contributed by atoms with Gasteiger partial charge in [0.15, 0.2) is 0 Å². The van der Waals surface area contributed by atoms with Crippen molar-refractivity contribution in [3.05, 3.63) is 34.9 Å². The van der Waals surface area contributed by atoms with E-state index in [1.807, 2.05) is 0 Å². The van der Waals surface area contributed by atoms with E-state index in [4.69, 9.17) is 0 Å². The summed E-state index contributed by atoms with van der Waals surface area (Å²) in [5.41, 5.74) is 0.199. The van der Waals surface area contributed by atoms with E-state index in [9.17, 15) is 13.2 Å². The molecule has 0 fully saturated rings. The molecule has 1 aromatic carbocycles. The highest BCUT2D eigenvalue weighted by atomic mass is 32.1. The van der Waals surface area contributed by atoms with Crippen molar-refractivity contribution in [1.29, 1.82) is 0 Å². The van der Waals surface area contributed by atoms with Gasteiger partial charge in [-0.25, -0.2) is 0 Å². The molecule has 0 N–H and O–H groups in total. The summed E-state index contributed by atoms with van der Waals surface area (Å²) >= 11 is 3.99. The summed E-state index contributed by atoms with van der Waals surface area (Å²) < 4.78 is 37.3. The van der Waals surface area contributed by atoms with Crippen molar-refractivity contribution >= 4 is 12.6 Å². The Morgan fingerprint density at radius 3 is 2.50 bits per heavy atom. The predicted octanol–water partition coefficient (Wildman–Crippen LogP) is 3.69. The molecule has 0 spiro atoms. The van der Waals surface area contributed by atoms with Gasteiger partial charge in [0.2, 0.25) is 0 Å². The number of aryl methyl sites for hydroxylation is 1. The molecule has 0 amide bonds. The van der Waals surface area contributed by atoms with Crippen LogP contribution in [-0.4, -0.2) is 5.75 Å². The standard InChI is InChI=1S/C12H11F3S/c1-9-8-10(4-2-3-7-16)5-6-11(9)12(13,14)15/h5-6,8,16H,3,7H2,1H3. The summed E-state index contributed by atoms with van der Waals surface area (Å²) in [7, 11) is 0. The summed E-state index contributed by atoms with van der Waals surface area (Å²) in [6.45, 7) is 1.44. The normalized spacial score (nSPS) is 10.8. The topological polar surface area (TPSA) is 0 Å². The van der Waals surface area contributed by atoms with E-state index in [0.717, 1.165) is 6.07 Å². The highest BCUT2D eigenvalue weighted by Crippen LogP contribution is 2.31. The number of hydrogen-bond donors (Lipinski definition) is 1. The van der Waals surface area contributed by atoms with Crippen molar-refractivity contribution in [2.75, 3.05) is 5.75 Å². The third-order valence-corrected chi connectivity index (χ3v) is 2.22. The molecule has 0 radical (unpaired) electrons. The maximum absolute atomic E-state index is 12.4. The Bertz CT molecular complexity index is 424. The summed E-state index contributed by atoms with van der Waals surface area (Å²) in [6.07, 6.45) is -3.66. The molecule has 0 nitrogen and oxygen atoms in total. The molecule has 86 valence electrons. The van der Waals surface area contributed by atoms with Crippen molar-refractivity contribution in [2.45, 2.75) is 19.5 Å². The highest BCUT2D eigenvalue weighted by molar-refractivity contribution is 7.80. The van der Waals surface area contributed by atoms with Gasteiger partial charge in [-0.1, -0.05) is 11.8 Å². The molecule has 4 heteroatoms. The van der Waals surface area contributed by atoms with Gasteiger partial charge < -0.3 is 0 Å². The third-order valence-electron chi connectivity index (χ3n) is 2.00. The van der Waals surface area contributed by atoms with E-state index in [0.29, 0.717) is 17.7 Å². The molecular formula is C12H11F3S. The van der Waals surface area contributed by atoms with Gasteiger partial charge in [-0.3, -0.25) is 0 Å². The molecule has 1 aromatic rings. The summed E-state index contributed by atoms with van der Waals surface area (Å²) in [4.78, 5) is 0. The minimum absolute atomic E-state index is 0.199. The Labute approximate surface area is 98.3 Å². The van der Waals surface area contributed by atoms with Crippen LogP contribution in [0.25, 0.3) is 0 Å². The van der Waals surface area contributed by atoms with Crippen LogP contribution in [0.2, 0.25) is 0 Å². The van der Waals surface area contributed by atoms with Gasteiger partial charge in [-0.2, -0.15) is 25.8 Å². The van der Waals surface area contributed by atoms with Gasteiger partial charge in [0.05, 0.1) is 5.56 Å². The number of rotatable bonds is 1. The molecule has 0 aliphatic heterocycles. The molecule has 0 atom stereocenters. The zero-order valence-electron chi connectivity index (χ0n) is 8.73. The average molecular weight is 244 g/mol. The van der Waals surface area contributed by atoms with E-state index in [-0.39, 0.29) is 5.56 Å². The average Bonchev–Trinajstić information content (AvgIpc) is 2.16. The molecular weight excluding hydrogens is 233 g/mol. The molecule has 0 aliphatic rings. The first-order valence-corrected chi connectivity index (χ1v) is 5.36. The second-order valence-corrected chi connectivity index (χ2v) is 3.75. The lowest BCUT2D eigenvalue weighted by molar-refractivity contribution is -0.138. The molecule has 0 aliphatic carbocycles. The van der Waals surface area contributed by atoms with Crippen LogP contribution in [0, 0.1) is 18.8 Å². The molecule has 0 heterocycles. The van der Waals surface area contributed by atoms with E-state index >= 15 is 0 Å². The molecule has 16 heavy (non-hydrogen) atoms. The maximum atomic E-state index is 12.4. The van der Waals surface area contributed by atoms with Crippen LogP contribution in [0.15, 0.2) is 18.2 Å². The van der Waals surface area contributed by atoms with Crippen LogP contribution in [-0.2, 0) is 6.18 Å². The molecule has 0 saturated heterocycles. The predicted molar refractivity (Wildman–Crippen MR) is 61.5 cm³/mol. The fraction of sp³-hybridized carbons (Fsp3) is 0.333. The molecule has 0 aromatic heterocycles. The lowest BCUT2D eigenvalue weighted by Gasteiger charge is -2.09. The number of benzene rings is 1. The van der Waals surface area contributed by atoms with Gasteiger partial charge in [-0.15, -0.1) is 0 Å². The second kappa shape index (κ2) is 5.31. The zero-order valence-corrected chi connectivity index (χ0v) is 9.62. The van der Waals surface area contributed by atoms with Crippen molar-refractivity contribution in [2.24, 2.45) is 0 Å². The molecule has 0 saturated carbocycles. The van der Waals surface area contributed by atoms with E-state index in [1.165, 1.54) is 19.1 Å². The van der Waals surface area contributed by atoms with E-state index < -0.39 is 11.7 Å². The Kier molecular flexibility index (Phi) is 4.31.